The molecule has 8 heteroatoms. The van der Waals surface area contributed by atoms with Crippen molar-refractivity contribution in [1.29, 1.82) is 0 Å². The Morgan fingerprint density at radius 2 is 1.71 bits per heavy atom. The summed E-state index contributed by atoms with van der Waals surface area (Å²) < 4.78 is 24.7. The van der Waals surface area contributed by atoms with Crippen molar-refractivity contribution in [3.05, 3.63) is 28.2 Å². The quantitative estimate of drug-likeness (QED) is 0.905. The number of carbonyl (C=O) groups excluding carboxylic acids is 1. The number of anilines is 1. The first-order valence-electron chi connectivity index (χ1n) is 6.14. The van der Waals surface area contributed by atoms with Gasteiger partial charge in [-0.05, 0) is 32.9 Å². The first-order chi connectivity index (χ1) is 9.43. The fourth-order valence-electron chi connectivity index (χ4n) is 1.78. The van der Waals surface area contributed by atoms with Crippen LogP contribution in [-0.2, 0) is 14.8 Å². The molecule has 0 heterocycles. The highest BCUT2D eigenvalue weighted by Gasteiger charge is 2.31. The van der Waals surface area contributed by atoms with Crippen LogP contribution in [-0.4, -0.2) is 37.0 Å². The largest absolute Gasteiger partial charge is 0.322 e. The number of para-hydroxylation sites is 1. The monoisotopic (exact) mass is 352 g/mol. The molecule has 21 heavy (non-hydrogen) atoms. The molecule has 0 radical (unpaired) electrons. The first-order valence-corrected chi connectivity index (χ1v) is 8.75. The number of nitrogens with zero attached hydrogens (tertiary/aromatic N) is 1. The van der Waals surface area contributed by atoms with Crippen molar-refractivity contribution in [3.8, 4) is 0 Å². The van der Waals surface area contributed by atoms with Gasteiger partial charge in [0.15, 0.2) is 0 Å². The van der Waals surface area contributed by atoms with Crippen LogP contribution in [0.25, 0.3) is 0 Å². The molecule has 1 amide bonds. The topological polar surface area (TPSA) is 66.5 Å². The van der Waals surface area contributed by atoms with Crippen molar-refractivity contribution in [1.82, 2.24) is 4.31 Å². The molecule has 1 aromatic carbocycles. The molecular formula is C13H18Cl2N2O3S. The van der Waals surface area contributed by atoms with Gasteiger partial charge in [0.1, 0.15) is 0 Å². The zero-order chi connectivity index (χ0) is 16.4. The highest BCUT2D eigenvalue weighted by Crippen LogP contribution is 2.30. The molecule has 118 valence electrons. The number of sulfonamides is 1. The lowest BCUT2D eigenvalue weighted by Gasteiger charge is -2.32. The molecule has 0 saturated heterocycles. The molecule has 1 rings (SSSR count). The maximum atomic E-state index is 12.1. The van der Waals surface area contributed by atoms with Crippen LogP contribution in [0.3, 0.4) is 0 Å². The standard InChI is InChI=1S/C13H18Cl2N2O3S/c1-13(2,3)17(21(4,19)20)8-11(18)16-12-9(14)6-5-7-10(12)15/h5-7H,8H2,1-4H3,(H,16,18). The molecule has 0 unspecified atom stereocenters. The van der Waals surface area contributed by atoms with Crippen molar-refractivity contribution in [3.63, 3.8) is 0 Å². The number of benzene rings is 1. The molecule has 0 aromatic heterocycles. The van der Waals surface area contributed by atoms with E-state index in [4.69, 9.17) is 23.2 Å². The lowest BCUT2D eigenvalue weighted by atomic mass is 10.1. The van der Waals surface area contributed by atoms with E-state index in [1.807, 2.05) is 0 Å². The van der Waals surface area contributed by atoms with Crippen LogP contribution in [0.5, 0.6) is 0 Å². The van der Waals surface area contributed by atoms with Gasteiger partial charge < -0.3 is 5.32 Å². The lowest BCUT2D eigenvalue weighted by Crippen LogP contribution is -2.48. The Hall–Kier alpha value is -0.820. The Bertz CT molecular complexity index is 619. The summed E-state index contributed by atoms with van der Waals surface area (Å²) in [4.78, 5) is 12.1. The van der Waals surface area contributed by atoms with Crippen molar-refractivity contribution in [2.75, 3.05) is 18.1 Å². The molecule has 0 fully saturated rings. The minimum atomic E-state index is -3.52. The highest BCUT2D eigenvalue weighted by atomic mass is 35.5. The molecule has 5 nitrogen and oxygen atoms in total. The van der Waals surface area contributed by atoms with E-state index in [-0.39, 0.29) is 22.3 Å². The number of carbonyl (C=O) groups is 1. The van der Waals surface area contributed by atoms with E-state index in [0.717, 1.165) is 10.6 Å². The van der Waals surface area contributed by atoms with Gasteiger partial charge in [-0.15, -0.1) is 0 Å². The van der Waals surface area contributed by atoms with Gasteiger partial charge in [-0.2, -0.15) is 4.31 Å². The summed E-state index contributed by atoms with van der Waals surface area (Å²) >= 11 is 11.9. The van der Waals surface area contributed by atoms with E-state index in [0.29, 0.717) is 0 Å². The van der Waals surface area contributed by atoms with Crippen molar-refractivity contribution in [2.45, 2.75) is 26.3 Å². The van der Waals surface area contributed by atoms with Crippen LogP contribution in [0.4, 0.5) is 5.69 Å². The van der Waals surface area contributed by atoms with E-state index in [1.54, 1.807) is 39.0 Å². The second-order valence-electron chi connectivity index (χ2n) is 5.59. The third-order valence-corrected chi connectivity index (χ3v) is 4.77. The van der Waals surface area contributed by atoms with E-state index in [2.05, 4.69) is 5.32 Å². The summed E-state index contributed by atoms with van der Waals surface area (Å²) in [7, 11) is -3.52. The second-order valence-corrected chi connectivity index (χ2v) is 8.31. The normalized spacial score (nSPS) is 12.5. The van der Waals surface area contributed by atoms with E-state index in [1.165, 1.54) is 0 Å². The molecule has 0 spiro atoms. The van der Waals surface area contributed by atoms with Gasteiger partial charge in [-0.3, -0.25) is 4.79 Å². The Morgan fingerprint density at radius 3 is 2.10 bits per heavy atom. The second kappa shape index (κ2) is 6.52. The summed E-state index contributed by atoms with van der Waals surface area (Å²) in [6.07, 6.45) is 1.06. The molecule has 0 aliphatic heterocycles. The molecule has 0 atom stereocenters. The summed E-state index contributed by atoms with van der Waals surface area (Å²) in [6, 6.07) is 4.82. The van der Waals surface area contributed by atoms with Gasteiger partial charge in [-0.1, -0.05) is 29.3 Å². The number of nitrogens with one attached hydrogen (secondary N) is 1. The maximum Gasteiger partial charge on any atom is 0.239 e. The molecule has 0 bridgehead atoms. The van der Waals surface area contributed by atoms with Crippen LogP contribution in [0.1, 0.15) is 20.8 Å². The van der Waals surface area contributed by atoms with E-state index in [9.17, 15) is 13.2 Å². The molecule has 1 aromatic rings. The number of hydrogen-bond donors (Lipinski definition) is 1. The Kier molecular flexibility index (Phi) is 5.66. The van der Waals surface area contributed by atoms with Gasteiger partial charge in [-0.25, -0.2) is 8.42 Å². The Labute approximate surface area is 135 Å². The zero-order valence-corrected chi connectivity index (χ0v) is 14.6. The van der Waals surface area contributed by atoms with Gasteiger partial charge in [0.2, 0.25) is 15.9 Å². The highest BCUT2D eigenvalue weighted by molar-refractivity contribution is 7.88. The number of rotatable bonds is 4. The average Bonchev–Trinajstić information content (AvgIpc) is 2.28. The fraction of sp³-hybridized carbons (Fsp3) is 0.462. The van der Waals surface area contributed by atoms with Crippen molar-refractivity contribution in [2.24, 2.45) is 0 Å². The van der Waals surface area contributed by atoms with Gasteiger partial charge in [0.05, 0.1) is 28.5 Å². The van der Waals surface area contributed by atoms with Crippen LogP contribution >= 0.6 is 23.2 Å². The third-order valence-electron chi connectivity index (χ3n) is 2.66. The zero-order valence-electron chi connectivity index (χ0n) is 12.3. The van der Waals surface area contributed by atoms with Gasteiger partial charge >= 0.3 is 0 Å². The Balaban J connectivity index is 2.95. The number of amides is 1. The number of hydrogen-bond acceptors (Lipinski definition) is 3. The van der Waals surface area contributed by atoms with Crippen LogP contribution in [0.2, 0.25) is 10.0 Å². The summed E-state index contributed by atoms with van der Waals surface area (Å²) in [6.45, 7) is 4.82. The SMILES string of the molecule is CC(C)(C)N(CC(=O)Nc1c(Cl)cccc1Cl)S(C)(=O)=O. The van der Waals surface area contributed by atoms with Crippen LogP contribution < -0.4 is 5.32 Å². The lowest BCUT2D eigenvalue weighted by molar-refractivity contribution is -0.117. The van der Waals surface area contributed by atoms with Crippen molar-refractivity contribution >= 4 is 44.8 Å². The first kappa shape index (κ1) is 18.2. The molecule has 1 N–H and O–H groups in total. The predicted octanol–water partition coefficient (Wildman–Crippen LogP) is 2.99. The molecule has 0 saturated carbocycles. The third kappa shape index (κ3) is 5.14. The summed E-state index contributed by atoms with van der Waals surface area (Å²) in [5.74, 6) is -0.509. The minimum absolute atomic E-state index is 0.271. The van der Waals surface area contributed by atoms with Crippen molar-refractivity contribution < 1.29 is 13.2 Å². The summed E-state index contributed by atoms with van der Waals surface area (Å²) in [5, 5.41) is 3.12. The van der Waals surface area contributed by atoms with Crippen LogP contribution in [0.15, 0.2) is 18.2 Å². The average molecular weight is 353 g/mol. The van der Waals surface area contributed by atoms with Gasteiger partial charge in [0, 0.05) is 5.54 Å². The summed E-state index contributed by atoms with van der Waals surface area (Å²) in [5.41, 5.74) is -0.442. The smallest absolute Gasteiger partial charge is 0.239 e. The molecule has 0 aliphatic carbocycles. The fourth-order valence-corrected chi connectivity index (χ4v) is 3.62. The molecule has 0 aliphatic rings. The molecular weight excluding hydrogens is 335 g/mol. The number of halogens is 2. The van der Waals surface area contributed by atoms with E-state index >= 15 is 0 Å². The van der Waals surface area contributed by atoms with E-state index < -0.39 is 21.5 Å². The predicted molar refractivity (Wildman–Crippen MR) is 86.4 cm³/mol. The minimum Gasteiger partial charge on any atom is -0.322 e. The maximum absolute atomic E-state index is 12.1. The van der Waals surface area contributed by atoms with Gasteiger partial charge in [0.25, 0.3) is 0 Å². The Morgan fingerprint density at radius 1 is 1.24 bits per heavy atom. The van der Waals surface area contributed by atoms with Crippen LogP contribution in [0, 0.1) is 0 Å².